The van der Waals surface area contributed by atoms with Gasteiger partial charge in [-0.25, -0.2) is 0 Å². The third-order valence-corrected chi connectivity index (χ3v) is 6.36. The van der Waals surface area contributed by atoms with Crippen molar-refractivity contribution in [3.63, 3.8) is 0 Å². The summed E-state index contributed by atoms with van der Waals surface area (Å²) in [4.78, 5) is 14.3. The Morgan fingerprint density at radius 1 is 1.46 bits per heavy atom. The first kappa shape index (κ1) is 17.4. The summed E-state index contributed by atoms with van der Waals surface area (Å²) >= 11 is 2.98. The molecular formula is C18H19N3O3S2. The van der Waals surface area contributed by atoms with Crippen LogP contribution in [0.4, 0.5) is 0 Å². The molecule has 0 aromatic carbocycles. The lowest BCUT2D eigenvalue weighted by atomic mass is 9.90. The van der Waals surface area contributed by atoms with Crippen LogP contribution in [0.1, 0.15) is 29.5 Å². The fraction of sp³-hybridized carbons (Fsp3) is 0.389. The van der Waals surface area contributed by atoms with Gasteiger partial charge in [0.05, 0.1) is 23.4 Å². The zero-order valence-corrected chi connectivity index (χ0v) is 16.0. The number of nitrogens with one attached hydrogen (secondary N) is 1. The van der Waals surface area contributed by atoms with E-state index in [2.05, 4.69) is 28.5 Å². The minimum atomic E-state index is -0.105. The van der Waals surface area contributed by atoms with Crippen LogP contribution in [0, 0.1) is 5.92 Å². The molecule has 8 heteroatoms. The maximum atomic E-state index is 11.9. The highest BCUT2D eigenvalue weighted by Crippen LogP contribution is 2.37. The summed E-state index contributed by atoms with van der Waals surface area (Å²) in [5.74, 6) is 2.11. The highest BCUT2D eigenvalue weighted by molar-refractivity contribution is 7.99. The second kappa shape index (κ2) is 7.67. The van der Waals surface area contributed by atoms with Gasteiger partial charge >= 0.3 is 0 Å². The second-order valence-corrected chi connectivity index (χ2v) is 8.49. The Morgan fingerprint density at radius 3 is 3.23 bits per heavy atom. The number of aryl methyl sites for hydroxylation is 1. The first-order valence-corrected chi connectivity index (χ1v) is 10.3. The summed E-state index contributed by atoms with van der Waals surface area (Å²) in [6, 6.07) is 5.78. The van der Waals surface area contributed by atoms with Gasteiger partial charge in [0.25, 0.3) is 11.1 Å². The van der Waals surface area contributed by atoms with Crippen molar-refractivity contribution in [2.75, 3.05) is 5.75 Å². The molecule has 1 aliphatic rings. The molecule has 136 valence electrons. The average Bonchev–Trinajstić information content (AvgIpc) is 3.36. The summed E-state index contributed by atoms with van der Waals surface area (Å²) in [6.07, 6.45) is 5.08. The number of nitrogens with zero attached hydrogens (tertiary/aromatic N) is 2. The predicted molar refractivity (Wildman–Crippen MR) is 100 cm³/mol. The fourth-order valence-corrected chi connectivity index (χ4v) is 4.68. The van der Waals surface area contributed by atoms with E-state index in [1.165, 1.54) is 28.6 Å². The van der Waals surface area contributed by atoms with Gasteiger partial charge in [0.2, 0.25) is 5.91 Å². The maximum absolute atomic E-state index is 11.9. The Morgan fingerprint density at radius 2 is 2.38 bits per heavy atom. The number of rotatable bonds is 6. The number of aromatic nitrogens is 2. The smallest absolute Gasteiger partial charge is 0.277 e. The summed E-state index contributed by atoms with van der Waals surface area (Å²) < 4.78 is 10.9. The van der Waals surface area contributed by atoms with E-state index in [0.29, 0.717) is 17.7 Å². The van der Waals surface area contributed by atoms with E-state index in [4.69, 9.17) is 8.83 Å². The van der Waals surface area contributed by atoms with Crippen LogP contribution in [0.3, 0.4) is 0 Å². The van der Waals surface area contributed by atoms with Gasteiger partial charge in [0, 0.05) is 4.88 Å². The Bertz CT molecular complexity index is 886. The van der Waals surface area contributed by atoms with Crippen molar-refractivity contribution in [1.82, 2.24) is 15.5 Å². The lowest BCUT2D eigenvalue weighted by Gasteiger charge is -2.16. The monoisotopic (exact) mass is 389 g/mol. The van der Waals surface area contributed by atoms with Gasteiger partial charge in [-0.05, 0) is 48.9 Å². The van der Waals surface area contributed by atoms with E-state index in [0.717, 1.165) is 29.4 Å². The normalized spacial score (nSPS) is 16.4. The van der Waals surface area contributed by atoms with Gasteiger partial charge in [-0.15, -0.1) is 21.5 Å². The Labute approximate surface area is 159 Å². The number of hydrogen-bond acceptors (Lipinski definition) is 7. The molecule has 1 atom stereocenters. The number of amides is 1. The molecule has 4 rings (SSSR count). The van der Waals surface area contributed by atoms with Crippen LogP contribution in [0.15, 0.2) is 38.5 Å². The number of hydrogen-bond donors (Lipinski definition) is 1. The first-order valence-electron chi connectivity index (χ1n) is 8.54. The van der Waals surface area contributed by atoms with Gasteiger partial charge in [-0.2, -0.15) is 0 Å². The maximum Gasteiger partial charge on any atom is 0.277 e. The number of thioether (sulfide) groups is 1. The van der Waals surface area contributed by atoms with Crippen LogP contribution >= 0.6 is 23.1 Å². The molecule has 1 amide bonds. The van der Waals surface area contributed by atoms with Crippen LogP contribution in [-0.4, -0.2) is 21.9 Å². The van der Waals surface area contributed by atoms with Crippen LogP contribution < -0.4 is 5.32 Å². The van der Waals surface area contributed by atoms with E-state index < -0.39 is 0 Å². The molecule has 0 fully saturated rings. The van der Waals surface area contributed by atoms with Crippen molar-refractivity contribution in [3.05, 3.63) is 40.7 Å². The molecule has 1 aliphatic carbocycles. The van der Waals surface area contributed by atoms with E-state index in [9.17, 15) is 4.79 Å². The summed E-state index contributed by atoms with van der Waals surface area (Å²) in [5.41, 5.74) is 1.41. The molecule has 0 aliphatic heterocycles. The van der Waals surface area contributed by atoms with E-state index >= 15 is 0 Å². The standard InChI is InChI=1S/C18H19N3O3S2/c1-11-4-5-14-12(7-11)8-15(26-14)17-20-21-18(24-17)25-10-16(22)19-9-13-3-2-6-23-13/h2-3,6,8,11H,4-5,7,9-10H2,1H3,(H,19,22)/t11-/m0/s1. The molecular weight excluding hydrogens is 370 g/mol. The van der Waals surface area contributed by atoms with Gasteiger partial charge < -0.3 is 14.2 Å². The molecule has 0 saturated carbocycles. The number of furan rings is 1. The van der Waals surface area contributed by atoms with Crippen molar-refractivity contribution in [3.8, 4) is 10.8 Å². The number of thiophene rings is 1. The zero-order chi connectivity index (χ0) is 17.9. The van der Waals surface area contributed by atoms with E-state index in [-0.39, 0.29) is 11.7 Å². The summed E-state index contributed by atoms with van der Waals surface area (Å²) in [5, 5.41) is 11.4. The van der Waals surface area contributed by atoms with Gasteiger partial charge in [0.1, 0.15) is 5.76 Å². The minimum absolute atomic E-state index is 0.105. The first-order chi connectivity index (χ1) is 12.7. The largest absolute Gasteiger partial charge is 0.467 e. The van der Waals surface area contributed by atoms with E-state index in [1.807, 2.05) is 6.07 Å². The van der Waals surface area contributed by atoms with Crippen molar-refractivity contribution in [2.24, 2.45) is 5.92 Å². The molecule has 3 heterocycles. The quantitative estimate of drug-likeness (QED) is 0.644. The third kappa shape index (κ3) is 4.02. The Kier molecular flexibility index (Phi) is 5.12. The molecule has 3 aromatic heterocycles. The third-order valence-electron chi connectivity index (χ3n) is 4.31. The van der Waals surface area contributed by atoms with Crippen molar-refractivity contribution >= 4 is 29.0 Å². The zero-order valence-electron chi connectivity index (χ0n) is 14.4. The summed E-state index contributed by atoms with van der Waals surface area (Å²) in [7, 11) is 0. The number of fused-ring (bicyclic) bond motifs is 1. The molecule has 0 radical (unpaired) electrons. The van der Waals surface area contributed by atoms with Gasteiger partial charge in [-0.1, -0.05) is 18.7 Å². The van der Waals surface area contributed by atoms with E-state index in [1.54, 1.807) is 23.7 Å². The molecule has 1 N–H and O–H groups in total. The highest BCUT2D eigenvalue weighted by Gasteiger charge is 2.21. The number of carbonyl (C=O) groups is 1. The second-order valence-electron chi connectivity index (χ2n) is 6.42. The lowest BCUT2D eigenvalue weighted by molar-refractivity contribution is -0.118. The molecule has 3 aromatic rings. The fourth-order valence-electron chi connectivity index (χ4n) is 2.96. The van der Waals surface area contributed by atoms with Gasteiger partial charge in [0.15, 0.2) is 0 Å². The predicted octanol–water partition coefficient (Wildman–Crippen LogP) is 3.92. The molecule has 0 bridgehead atoms. The molecule has 0 unspecified atom stereocenters. The molecule has 0 spiro atoms. The van der Waals surface area contributed by atoms with Crippen LogP contribution in [0.5, 0.6) is 0 Å². The topological polar surface area (TPSA) is 81.2 Å². The van der Waals surface area contributed by atoms with Crippen molar-refractivity contribution in [1.29, 1.82) is 0 Å². The van der Waals surface area contributed by atoms with Crippen molar-refractivity contribution in [2.45, 2.75) is 38.0 Å². The molecule has 6 nitrogen and oxygen atoms in total. The number of carbonyl (C=O) groups excluding carboxylic acids is 1. The lowest BCUT2D eigenvalue weighted by Crippen LogP contribution is -2.24. The molecule has 26 heavy (non-hydrogen) atoms. The molecule has 0 saturated heterocycles. The summed E-state index contributed by atoms with van der Waals surface area (Å²) in [6.45, 7) is 2.67. The highest BCUT2D eigenvalue weighted by atomic mass is 32.2. The minimum Gasteiger partial charge on any atom is -0.467 e. The SMILES string of the molecule is C[C@H]1CCc2sc(-c3nnc(SCC(=O)NCc4ccco4)o3)cc2C1. The Hall–Kier alpha value is -2.06. The van der Waals surface area contributed by atoms with Crippen LogP contribution in [0.2, 0.25) is 0 Å². The average molecular weight is 390 g/mol. The van der Waals surface area contributed by atoms with Crippen LogP contribution in [-0.2, 0) is 24.2 Å². The Balaban J connectivity index is 1.32. The van der Waals surface area contributed by atoms with Crippen LogP contribution in [0.25, 0.3) is 10.8 Å². The van der Waals surface area contributed by atoms with Crippen molar-refractivity contribution < 1.29 is 13.6 Å². The van der Waals surface area contributed by atoms with Gasteiger partial charge in [-0.3, -0.25) is 4.79 Å².